The molecule has 1 aromatic rings. The van der Waals surface area contributed by atoms with Crippen molar-refractivity contribution in [2.75, 3.05) is 32.2 Å². The van der Waals surface area contributed by atoms with Crippen LogP contribution in [0.1, 0.15) is 16.8 Å². The number of methoxy groups -OCH3 is 1. The molecule has 7 heteroatoms. The van der Waals surface area contributed by atoms with Crippen molar-refractivity contribution in [3.8, 4) is 5.75 Å². The molecule has 2 fully saturated rings. The molecule has 7 nitrogen and oxygen atoms in total. The summed E-state index contributed by atoms with van der Waals surface area (Å²) in [7, 11) is 1.66. The van der Waals surface area contributed by atoms with E-state index in [4.69, 9.17) is 14.2 Å². The van der Waals surface area contributed by atoms with E-state index < -0.39 is 0 Å². The molecule has 2 aliphatic heterocycles. The number of carbonyl (C=O) groups is 2. The zero-order valence-electron chi connectivity index (χ0n) is 13.4. The van der Waals surface area contributed by atoms with Crippen molar-refractivity contribution >= 4 is 17.5 Å². The third kappa shape index (κ3) is 2.53. The Bertz CT molecular complexity index is 677. The number of ether oxygens (including phenoxy) is 3. The summed E-state index contributed by atoms with van der Waals surface area (Å²) in [5.74, 6) is 0.742. The van der Waals surface area contributed by atoms with Gasteiger partial charge in [-0.3, -0.25) is 9.59 Å². The van der Waals surface area contributed by atoms with E-state index >= 15 is 0 Å². The third-order valence-electron chi connectivity index (χ3n) is 5.06. The van der Waals surface area contributed by atoms with Crippen molar-refractivity contribution in [1.82, 2.24) is 5.32 Å². The minimum atomic E-state index is -0.191. The van der Waals surface area contributed by atoms with Gasteiger partial charge in [0.25, 0.3) is 11.8 Å². The zero-order valence-corrected chi connectivity index (χ0v) is 13.4. The highest BCUT2D eigenvalue weighted by molar-refractivity contribution is 5.99. The van der Waals surface area contributed by atoms with Gasteiger partial charge in [0.05, 0.1) is 18.4 Å². The Kier molecular flexibility index (Phi) is 3.90. The van der Waals surface area contributed by atoms with Gasteiger partial charge >= 0.3 is 0 Å². The summed E-state index contributed by atoms with van der Waals surface area (Å²) < 4.78 is 16.4. The Balaban J connectivity index is 1.47. The second kappa shape index (κ2) is 6.07. The first-order chi connectivity index (χ1) is 11.7. The first kappa shape index (κ1) is 15.4. The molecule has 0 bridgehead atoms. The number of fused-ring (bicyclic) bond motifs is 2. The molecular weight excluding hydrogens is 312 g/mol. The lowest BCUT2D eigenvalue weighted by molar-refractivity contribution is -0.118. The molecule has 2 amide bonds. The van der Waals surface area contributed by atoms with Crippen LogP contribution in [0, 0.1) is 11.8 Å². The maximum absolute atomic E-state index is 12.6. The first-order valence-corrected chi connectivity index (χ1v) is 8.15. The van der Waals surface area contributed by atoms with Gasteiger partial charge in [-0.2, -0.15) is 0 Å². The third-order valence-corrected chi connectivity index (χ3v) is 5.06. The van der Waals surface area contributed by atoms with Crippen LogP contribution in [0.4, 0.5) is 5.69 Å². The van der Waals surface area contributed by atoms with Gasteiger partial charge < -0.3 is 24.8 Å². The molecule has 1 saturated heterocycles. The molecule has 0 unspecified atom stereocenters. The van der Waals surface area contributed by atoms with Gasteiger partial charge in [-0.05, 0) is 24.6 Å². The number of carbonyl (C=O) groups excluding carboxylic acids is 2. The van der Waals surface area contributed by atoms with Gasteiger partial charge in [0.2, 0.25) is 0 Å². The molecule has 0 spiro atoms. The van der Waals surface area contributed by atoms with Crippen molar-refractivity contribution in [2.45, 2.75) is 18.6 Å². The topological polar surface area (TPSA) is 85.9 Å². The molecule has 3 aliphatic rings. The Morgan fingerprint density at radius 3 is 3.17 bits per heavy atom. The van der Waals surface area contributed by atoms with E-state index in [0.29, 0.717) is 29.5 Å². The summed E-state index contributed by atoms with van der Waals surface area (Å²) in [5.41, 5.74) is 1.11. The van der Waals surface area contributed by atoms with E-state index in [-0.39, 0.29) is 36.5 Å². The standard InChI is InChI=1S/C17H20N2O5/c1-22-7-11-15(10-4-5-23-16(10)11)19-17(21)9-2-3-12-13(6-9)24-8-14(20)18-12/h2-3,6,10-11,15-16H,4-5,7-8H2,1H3,(H,18,20)(H,19,21)/t10-,11+,15+,16-/m0/s1. The number of nitrogens with one attached hydrogen (secondary N) is 2. The van der Waals surface area contributed by atoms with Gasteiger partial charge in [-0.25, -0.2) is 0 Å². The fourth-order valence-corrected chi connectivity index (χ4v) is 3.89. The largest absolute Gasteiger partial charge is 0.482 e. The lowest BCUT2D eigenvalue weighted by atomic mass is 9.67. The van der Waals surface area contributed by atoms with Crippen LogP contribution in [0.5, 0.6) is 5.75 Å². The quantitative estimate of drug-likeness (QED) is 0.852. The summed E-state index contributed by atoms with van der Waals surface area (Å²) in [4.78, 5) is 23.9. The van der Waals surface area contributed by atoms with Crippen molar-refractivity contribution in [3.05, 3.63) is 23.8 Å². The van der Waals surface area contributed by atoms with Crippen LogP contribution in [0.15, 0.2) is 18.2 Å². The van der Waals surface area contributed by atoms with Crippen LogP contribution in [0.25, 0.3) is 0 Å². The highest BCUT2D eigenvalue weighted by Gasteiger charge is 2.54. The van der Waals surface area contributed by atoms with Crippen LogP contribution in [-0.2, 0) is 14.3 Å². The number of benzene rings is 1. The summed E-state index contributed by atoms with van der Waals surface area (Å²) in [6.45, 7) is 1.29. The van der Waals surface area contributed by atoms with Gasteiger partial charge in [0.15, 0.2) is 6.61 Å². The number of anilines is 1. The monoisotopic (exact) mass is 332 g/mol. The maximum Gasteiger partial charge on any atom is 0.262 e. The number of rotatable bonds is 4. The highest BCUT2D eigenvalue weighted by Crippen LogP contribution is 2.44. The maximum atomic E-state index is 12.6. The van der Waals surface area contributed by atoms with Crippen molar-refractivity contribution in [3.63, 3.8) is 0 Å². The van der Waals surface area contributed by atoms with Crippen LogP contribution in [-0.4, -0.2) is 50.9 Å². The minimum absolute atomic E-state index is 0.0301. The van der Waals surface area contributed by atoms with Crippen molar-refractivity contribution < 1.29 is 23.8 Å². The predicted octanol–water partition coefficient (Wildman–Crippen LogP) is 0.797. The number of hydrogen-bond donors (Lipinski definition) is 2. The van der Waals surface area contributed by atoms with Gasteiger partial charge in [-0.15, -0.1) is 0 Å². The molecule has 4 atom stereocenters. The van der Waals surface area contributed by atoms with Gasteiger partial charge in [0.1, 0.15) is 5.75 Å². The number of hydrogen-bond acceptors (Lipinski definition) is 5. The normalized spacial score (nSPS) is 30.5. The van der Waals surface area contributed by atoms with E-state index in [1.165, 1.54) is 0 Å². The Labute approximate surface area is 139 Å². The lowest BCUT2D eigenvalue weighted by Crippen LogP contribution is -2.62. The minimum Gasteiger partial charge on any atom is -0.482 e. The summed E-state index contributed by atoms with van der Waals surface area (Å²) >= 11 is 0. The number of amides is 2. The van der Waals surface area contributed by atoms with E-state index in [0.717, 1.165) is 13.0 Å². The van der Waals surface area contributed by atoms with E-state index in [1.807, 2.05) is 0 Å². The Morgan fingerprint density at radius 1 is 1.46 bits per heavy atom. The fraction of sp³-hybridized carbons (Fsp3) is 0.529. The van der Waals surface area contributed by atoms with E-state index in [1.54, 1.807) is 25.3 Å². The second-order valence-corrected chi connectivity index (χ2v) is 6.45. The molecular formula is C17H20N2O5. The van der Waals surface area contributed by atoms with Crippen LogP contribution in [0.3, 0.4) is 0 Å². The summed E-state index contributed by atoms with van der Waals surface area (Å²) in [6.07, 6.45) is 1.16. The van der Waals surface area contributed by atoms with Gasteiger partial charge in [-0.1, -0.05) is 0 Å². The molecule has 1 aromatic carbocycles. The van der Waals surface area contributed by atoms with Crippen LogP contribution < -0.4 is 15.4 Å². The SMILES string of the molecule is COC[C@@H]1[C@H](NC(=O)c2ccc3c(c2)OCC(=O)N3)[C@@H]2CCO[C@H]12. The summed E-state index contributed by atoms with van der Waals surface area (Å²) in [6, 6.07) is 5.12. The zero-order chi connectivity index (χ0) is 16.7. The lowest BCUT2D eigenvalue weighted by Gasteiger charge is -2.47. The molecule has 24 heavy (non-hydrogen) atoms. The molecule has 1 saturated carbocycles. The molecule has 0 aromatic heterocycles. The smallest absolute Gasteiger partial charge is 0.262 e. The predicted molar refractivity (Wildman–Crippen MR) is 85.0 cm³/mol. The molecule has 1 aliphatic carbocycles. The Hall–Kier alpha value is -2.12. The molecule has 128 valence electrons. The van der Waals surface area contributed by atoms with Crippen molar-refractivity contribution in [1.29, 1.82) is 0 Å². The van der Waals surface area contributed by atoms with E-state index in [9.17, 15) is 9.59 Å². The fourth-order valence-electron chi connectivity index (χ4n) is 3.89. The summed E-state index contributed by atoms with van der Waals surface area (Å²) in [5, 5.41) is 5.83. The van der Waals surface area contributed by atoms with E-state index in [2.05, 4.69) is 10.6 Å². The van der Waals surface area contributed by atoms with Crippen molar-refractivity contribution in [2.24, 2.45) is 11.8 Å². The van der Waals surface area contributed by atoms with Crippen LogP contribution in [0.2, 0.25) is 0 Å². The average molecular weight is 332 g/mol. The second-order valence-electron chi connectivity index (χ2n) is 6.45. The van der Waals surface area contributed by atoms with Crippen LogP contribution >= 0.6 is 0 Å². The molecule has 0 radical (unpaired) electrons. The molecule has 2 N–H and O–H groups in total. The Morgan fingerprint density at radius 2 is 2.33 bits per heavy atom. The first-order valence-electron chi connectivity index (χ1n) is 8.15. The molecule has 2 heterocycles. The highest BCUT2D eigenvalue weighted by atomic mass is 16.5. The molecule has 4 rings (SSSR count). The average Bonchev–Trinajstić information content (AvgIpc) is 3.01. The van der Waals surface area contributed by atoms with Gasteiger partial charge in [0, 0.05) is 37.2 Å².